The molecule has 0 spiro atoms. The molecule has 132 valence electrons. The van der Waals surface area contributed by atoms with Crippen LogP contribution in [-0.2, 0) is 4.79 Å². The molecule has 1 unspecified atom stereocenters. The SMILES string of the molecule is COc1ccc(C(C)NC(=O)Nc2cccc(NC(C)=O)c2)cc1F. The van der Waals surface area contributed by atoms with E-state index in [0.717, 1.165) is 0 Å². The summed E-state index contributed by atoms with van der Waals surface area (Å²) in [4.78, 5) is 23.2. The Labute approximate surface area is 145 Å². The van der Waals surface area contributed by atoms with E-state index in [-0.39, 0.29) is 11.7 Å². The summed E-state index contributed by atoms with van der Waals surface area (Å²) in [6, 6.07) is 10.4. The van der Waals surface area contributed by atoms with Gasteiger partial charge in [0, 0.05) is 18.3 Å². The molecule has 0 aliphatic rings. The van der Waals surface area contributed by atoms with E-state index in [2.05, 4.69) is 16.0 Å². The summed E-state index contributed by atoms with van der Waals surface area (Å²) in [6.07, 6.45) is 0. The van der Waals surface area contributed by atoms with Gasteiger partial charge in [-0.3, -0.25) is 4.79 Å². The van der Waals surface area contributed by atoms with Crippen LogP contribution >= 0.6 is 0 Å². The second-order valence-electron chi connectivity index (χ2n) is 5.48. The highest BCUT2D eigenvalue weighted by Gasteiger charge is 2.12. The number of carbonyl (C=O) groups excluding carboxylic acids is 2. The van der Waals surface area contributed by atoms with Crippen molar-refractivity contribution in [2.24, 2.45) is 0 Å². The monoisotopic (exact) mass is 345 g/mol. The van der Waals surface area contributed by atoms with Crippen LogP contribution in [0.1, 0.15) is 25.5 Å². The molecule has 0 heterocycles. The lowest BCUT2D eigenvalue weighted by Gasteiger charge is -2.16. The number of hydrogen-bond donors (Lipinski definition) is 3. The molecule has 0 aliphatic heterocycles. The average molecular weight is 345 g/mol. The predicted octanol–water partition coefficient (Wildman–Crippen LogP) is 3.68. The first-order chi connectivity index (χ1) is 11.9. The number of hydrogen-bond acceptors (Lipinski definition) is 3. The second kappa shape index (κ2) is 8.14. The standard InChI is InChI=1S/C18H20FN3O3/c1-11(13-7-8-17(25-3)16(19)9-13)20-18(24)22-15-6-4-5-14(10-15)21-12(2)23/h4-11H,1-3H3,(H,21,23)(H2,20,22,24). The minimum atomic E-state index is -0.489. The Morgan fingerprint density at radius 2 is 1.76 bits per heavy atom. The van der Waals surface area contributed by atoms with Crippen LogP contribution in [0.4, 0.5) is 20.6 Å². The number of urea groups is 1. The predicted molar refractivity (Wildman–Crippen MR) is 94.3 cm³/mol. The largest absolute Gasteiger partial charge is 0.494 e. The Morgan fingerprint density at radius 3 is 2.36 bits per heavy atom. The van der Waals surface area contributed by atoms with Gasteiger partial charge in [0.15, 0.2) is 11.6 Å². The van der Waals surface area contributed by atoms with Crippen molar-refractivity contribution in [2.45, 2.75) is 19.9 Å². The van der Waals surface area contributed by atoms with Crippen molar-refractivity contribution in [3.8, 4) is 5.75 Å². The zero-order chi connectivity index (χ0) is 18.4. The van der Waals surface area contributed by atoms with E-state index in [4.69, 9.17) is 4.74 Å². The molecule has 3 amide bonds. The van der Waals surface area contributed by atoms with Gasteiger partial charge in [0.2, 0.25) is 5.91 Å². The summed E-state index contributed by atoms with van der Waals surface area (Å²) in [5.74, 6) is -0.538. The fourth-order valence-electron chi connectivity index (χ4n) is 2.28. The van der Waals surface area contributed by atoms with Gasteiger partial charge in [0.25, 0.3) is 0 Å². The maximum absolute atomic E-state index is 13.8. The van der Waals surface area contributed by atoms with Gasteiger partial charge in [-0.05, 0) is 42.8 Å². The molecule has 0 bridgehead atoms. The summed E-state index contributed by atoms with van der Waals surface area (Å²) in [7, 11) is 1.39. The lowest BCUT2D eigenvalue weighted by atomic mass is 10.1. The summed E-state index contributed by atoms with van der Waals surface area (Å²) in [5.41, 5.74) is 1.72. The van der Waals surface area contributed by atoms with E-state index in [1.54, 1.807) is 37.3 Å². The van der Waals surface area contributed by atoms with Crippen LogP contribution < -0.4 is 20.7 Å². The van der Waals surface area contributed by atoms with Crippen molar-refractivity contribution in [3.63, 3.8) is 0 Å². The van der Waals surface area contributed by atoms with Crippen molar-refractivity contribution in [1.29, 1.82) is 0 Å². The van der Waals surface area contributed by atoms with E-state index in [9.17, 15) is 14.0 Å². The van der Waals surface area contributed by atoms with E-state index in [0.29, 0.717) is 16.9 Å². The lowest BCUT2D eigenvalue weighted by molar-refractivity contribution is -0.114. The number of nitrogens with one attached hydrogen (secondary N) is 3. The molecule has 7 heteroatoms. The number of rotatable bonds is 5. The molecule has 6 nitrogen and oxygen atoms in total. The quantitative estimate of drug-likeness (QED) is 0.773. The van der Waals surface area contributed by atoms with Crippen molar-refractivity contribution < 1.29 is 18.7 Å². The van der Waals surface area contributed by atoms with E-state index in [1.807, 2.05) is 0 Å². The molecule has 0 saturated carbocycles. The van der Waals surface area contributed by atoms with Crippen LogP contribution in [0.25, 0.3) is 0 Å². The number of halogens is 1. The molecule has 2 rings (SSSR count). The summed E-state index contributed by atoms with van der Waals surface area (Å²) in [5, 5.41) is 8.04. The van der Waals surface area contributed by atoms with Gasteiger partial charge < -0.3 is 20.7 Å². The Kier molecular flexibility index (Phi) is 5.94. The van der Waals surface area contributed by atoms with Crippen LogP contribution in [0.15, 0.2) is 42.5 Å². The van der Waals surface area contributed by atoms with Crippen LogP contribution in [0, 0.1) is 5.82 Å². The highest BCUT2D eigenvalue weighted by molar-refractivity contribution is 5.92. The number of methoxy groups -OCH3 is 1. The van der Waals surface area contributed by atoms with Gasteiger partial charge >= 0.3 is 6.03 Å². The third-order valence-corrected chi connectivity index (χ3v) is 3.46. The van der Waals surface area contributed by atoms with Crippen molar-refractivity contribution >= 4 is 23.3 Å². The molecule has 3 N–H and O–H groups in total. The smallest absolute Gasteiger partial charge is 0.319 e. The minimum absolute atomic E-state index is 0.148. The molecular formula is C18H20FN3O3. The zero-order valence-corrected chi connectivity index (χ0v) is 14.2. The molecule has 0 radical (unpaired) electrons. The van der Waals surface area contributed by atoms with E-state index in [1.165, 1.54) is 26.2 Å². The van der Waals surface area contributed by atoms with Crippen LogP contribution in [0.2, 0.25) is 0 Å². The third-order valence-electron chi connectivity index (χ3n) is 3.46. The maximum Gasteiger partial charge on any atom is 0.319 e. The van der Waals surface area contributed by atoms with Crippen LogP contribution in [-0.4, -0.2) is 19.0 Å². The first kappa shape index (κ1) is 18.3. The van der Waals surface area contributed by atoms with Crippen LogP contribution in [0.5, 0.6) is 5.75 Å². The number of anilines is 2. The van der Waals surface area contributed by atoms with Gasteiger partial charge in [0.1, 0.15) is 0 Å². The highest BCUT2D eigenvalue weighted by Crippen LogP contribution is 2.22. The lowest BCUT2D eigenvalue weighted by Crippen LogP contribution is -2.31. The number of amides is 3. The summed E-state index contributed by atoms with van der Waals surface area (Å²) >= 11 is 0. The molecular weight excluding hydrogens is 325 g/mol. The van der Waals surface area contributed by atoms with Gasteiger partial charge in [-0.2, -0.15) is 0 Å². The summed E-state index contributed by atoms with van der Waals surface area (Å²) in [6.45, 7) is 3.15. The van der Waals surface area contributed by atoms with Crippen molar-refractivity contribution in [2.75, 3.05) is 17.7 Å². The number of carbonyl (C=O) groups is 2. The Hall–Kier alpha value is -3.09. The first-order valence-electron chi connectivity index (χ1n) is 7.67. The molecule has 25 heavy (non-hydrogen) atoms. The number of ether oxygens (including phenoxy) is 1. The Balaban J connectivity index is 2.00. The highest BCUT2D eigenvalue weighted by atomic mass is 19.1. The van der Waals surface area contributed by atoms with Gasteiger partial charge in [-0.1, -0.05) is 12.1 Å². The summed E-state index contributed by atoms with van der Waals surface area (Å²) < 4.78 is 18.6. The molecule has 0 fully saturated rings. The second-order valence-corrected chi connectivity index (χ2v) is 5.48. The molecule has 2 aromatic rings. The third kappa shape index (κ3) is 5.20. The van der Waals surface area contributed by atoms with Gasteiger partial charge in [-0.15, -0.1) is 0 Å². The Morgan fingerprint density at radius 1 is 1.08 bits per heavy atom. The van der Waals surface area contributed by atoms with Crippen molar-refractivity contribution in [3.05, 3.63) is 53.8 Å². The fraction of sp³-hybridized carbons (Fsp3) is 0.222. The maximum atomic E-state index is 13.8. The zero-order valence-electron chi connectivity index (χ0n) is 14.2. The van der Waals surface area contributed by atoms with Crippen molar-refractivity contribution in [1.82, 2.24) is 5.32 Å². The molecule has 0 aromatic heterocycles. The average Bonchev–Trinajstić information content (AvgIpc) is 2.54. The molecule has 2 aromatic carbocycles. The number of benzene rings is 2. The topological polar surface area (TPSA) is 79.5 Å². The van der Waals surface area contributed by atoms with E-state index < -0.39 is 17.9 Å². The van der Waals surface area contributed by atoms with E-state index >= 15 is 0 Å². The Bertz CT molecular complexity index is 780. The minimum Gasteiger partial charge on any atom is -0.494 e. The first-order valence-corrected chi connectivity index (χ1v) is 7.67. The van der Waals surface area contributed by atoms with Gasteiger partial charge in [-0.25, -0.2) is 9.18 Å². The van der Waals surface area contributed by atoms with Gasteiger partial charge in [0.05, 0.1) is 13.2 Å². The normalized spacial score (nSPS) is 11.4. The van der Waals surface area contributed by atoms with Crippen LogP contribution in [0.3, 0.4) is 0 Å². The molecule has 1 atom stereocenters. The fourth-order valence-corrected chi connectivity index (χ4v) is 2.28. The molecule has 0 saturated heterocycles. The molecule has 0 aliphatic carbocycles.